The molecule has 3 heteroatoms. The quantitative estimate of drug-likeness (QED) is 0.682. The summed E-state index contributed by atoms with van der Waals surface area (Å²) in [4.78, 5) is 0. The van der Waals surface area contributed by atoms with Crippen LogP contribution >= 0.6 is 0 Å². The van der Waals surface area contributed by atoms with Crippen LogP contribution in [0.3, 0.4) is 0 Å². The van der Waals surface area contributed by atoms with Crippen molar-refractivity contribution in [1.29, 1.82) is 5.26 Å². The van der Waals surface area contributed by atoms with Crippen LogP contribution in [0.5, 0.6) is 0 Å². The fourth-order valence-corrected chi connectivity index (χ4v) is 1.43. The minimum atomic E-state index is 0.0424. The molecule has 0 saturated heterocycles. The number of aliphatic hydroxyl groups is 1. The van der Waals surface area contributed by atoms with Gasteiger partial charge in [-0.1, -0.05) is 30.3 Å². The molecule has 0 amide bonds. The molecule has 3 nitrogen and oxygen atoms in total. The van der Waals surface area contributed by atoms with E-state index in [1.54, 1.807) is 0 Å². The van der Waals surface area contributed by atoms with Gasteiger partial charge in [-0.3, -0.25) is 0 Å². The molecule has 0 aliphatic carbocycles. The zero-order valence-electron chi connectivity index (χ0n) is 8.69. The number of nitriles is 1. The van der Waals surface area contributed by atoms with E-state index in [4.69, 9.17) is 10.4 Å². The molecular weight excluding hydrogens is 188 g/mol. The highest BCUT2D eigenvalue weighted by molar-refractivity contribution is 5.15. The van der Waals surface area contributed by atoms with Gasteiger partial charge < -0.3 is 10.4 Å². The van der Waals surface area contributed by atoms with E-state index in [9.17, 15) is 0 Å². The average Bonchev–Trinajstić information content (AvgIpc) is 2.29. The molecule has 0 aliphatic heterocycles. The molecule has 2 N–H and O–H groups in total. The summed E-state index contributed by atoms with van der Waals surface area (Å²) in [6.07, 6.45) is 1.27. The highest BCUT2D eigenvalue weighted by Crippen LogP contribution is 2.02. The lowest BCUT2D eigenvalue weighted by Crippen LogP contribution is -2.35. The molecule has 15 heavy (non-hydrogen) atoms. The van der Waals surface area contributed by atoms with Crippen molar-refractivity contribution in [2.45, 2.75) is 18.9 Å². The number of nitrogens with zero attached hydrogens (tertiary/aromatic N) is 1. The van der Waals surface area contributed by atoms with Gasteiger partial charge in [0.25, 0.3) is 0 Å². The fraction of sp³-hybridized carbons (Fsp3) is 0.417. The van der Waals surface area contributed by atoms with Gasteiger partial charge in [-0.05, 0) is 12.0 Å². The Labute approximate surface area is 90.4 Å². The molecule has 1 atom stereocenters. The first-order valence-corrected chi connectivity index (χ1v) is 5.12. The summed E-state index contributed by atoms with van der Waals surface area (Å²) in [7, 11) is 0. The third-order valence-electron chi connectivity index (χ3n) is 2.22. The van der Waals surface area contributed by atoms with E-state index >= 15 is 0 Å². The molecule has 1 aromatic rings. The van der Waals surface area contributed by atoms with Gasteiger partial charge in [0.1, 0.15) is 0 Å². The molecule has 0 spiro atoms. The summed E-state index contributed by atoms with van der Waals surface area (Å²) < 4.78 is 0. The standard InChI is InChI=1S/C12H16N2O/c13-7-4-8-14-12(10-15)9-11-5-2-1-3-6-11/h1-3,5-6,12,14-15H,4,8-10H2/t12-/m0/s1. The summed E-state index contributed by atoms with van der Waals surface area (Å²) in [5.41, 5.74) is 1.20. The number of benzene rings is 1. The Morgan fingerprint density at radius 1 is 1.33 bits per heavy atom. The molecule has 1 aromatic carbocycles. The predicted octanol–water partition coefficient (Wildman–Crippen LogP) is 1.09. The fourth-order valence-electron chi connectivity index (χ4n) is 1.43. The number of hydrogen-bond donors (Lipinski definition) is 2. The third-order valence-corrected chi connectivity index (χ3v) is 2.22. The van der Waals surface area contributed by atoms with Crippen molar-refractivity contribution in [3.05, 3.63) is 35.9 Å². The van der Waals surface area contributed by atoms with Crippen molar-refractivity contribution in [2.75, 3.05) is 13.2 Å². The highest BCUT2D eigenvalue weighted by atomic mass is 16.3. The maximum atomic E-state index is 9.14. The van der Waals surface area contributed by atoms with Crippen LogP contribution in [0.2, 0.25) is 0 Å². The second-order valence-corrected chi connectivity index (χ2v) is 3.43. The van der Waals surface area contributed by atoms with Crippen molar-refractivity contribution in [3.8, 4) is 6.07 Å². The van der Waals surface area contributed by atoms with E-state index in [1.165, 1.54) is 5.56 Å². The second kappa shape index (κ2) is 6.99. The molecule has 0 radical (unpaired) electrons. The van der Waals surface area contributed by atoms with Gasteiger partial charge in [0.05, 0.1) is 12.7 Å². The number of rotatable bonds is 6. The summed E-state index contributed by atoms with van der Waals surface area (Å²) in [6, 6.07) is 12.1. The maximum Gasteiger partial charge on any atom is 0.0635 e. The van der Waals surface area contributed by atoms with E-state index in [-0.39, 0.29) is 12.6 Å². The number of hydrogen-bond acceptors (Lipinski definition) is 3. The summed E-state index contributed by atoms with van der Waals surface area (Å²) >= 11 is 0. The van der Waals surface area contributed by atoms with Crippen molar-refractivity contribution in [3.63, 3.8) is 0 Å². The van der Waals surface area contributed by atoms with Crippen molar-refractivity contribution in [1.82, 2.24) is 5.32 Å². The smallest absolute Gasteiger partial charge is 0.0635 e. The predicted molar refractivity (Wildman–Crippen MR) is 59.3 cm³/mol. The van der Waals surface area contributed by atoms with Crippen LogP contribution in [0.1, 0.15) is 12.0 Å². The first-order chi connectivity index (χ1) is 7.36. The van der Waals surface area contributed by atoms with E-state index in [0.29, 0.717) is 13.0 Å². The second-order valence-electron chi connectivity index (χ2n) is 3.43. The lowest BCUT2D eigenvalue weighted by molar-refractivity contribution is 0.242. The Morgan fingerprint density at radius 2 is 2.07 bits per heavy atom. The van der Waals surface area contributed by atoms with Gasteiger partial charge >= 0.3 is 0 Å². The van der Waals surface area contributed by atoms with Gasteiger partial charge in [-0.15, -0.1) is 0 Å². The van der Waals surface area contributed by atoms with Crippen LogP contribution in [0.25, 0.3) is 0 Å². The lowest BCUT2D eigenvalue weighted by Gasteiger charge is -2.15. The average molecular weight is 204 g/mol. The van der Waals surface area contributed by atoms with Crippen molar-refractivity contribution >= 4 is 0 Å². The summed E-state index contributed by atoms with van der Waals surface area (Å²) in [6.45, 7) is 0.731. The van der Waals surface area contributed by atoms with E-state index in [2.05, 4.69) is 11.4 Å². The van der Waals surface area contributed by atoms with Crippen molar-refractivity contribution in [2.24, 2.45) is 0 Å². The van der Waals surface area contributed by atoms with Gasteiger partial charge in [0, 0.05) is 19.0 Å². The Morgan fingerprint density at radius 3 is 2.67 bits per heavy atom. The molecule has 0 aromatic heterocycles. The van der Waals surface area contributed by atoms with Gasteiger partial charge in [-0.25, -0.2) is 0 Å². The summed E-state index contributed by atoms with van der Waals surface area (Å²) in [5, 5.41) is 20.7. The number of aliphatic hydroxyl groups excluding tert-OH is 1. The van der Waals surface area contributed by atoms with Crippen LogP contribution in [0, 0.1) is 11.3 Å². The minimum Gasteiger partial charge on any atom is -0.395 e. The Bertz CT molecular complexity index is 305. The van der Waals surface area contributed by atoms with E-state index < -0.39 is 0 Å². The molecule has 0 saturated carbocycles. The molecule has 80 valence electrons. The van der Waals surface area contributed by atoms with Gasteiger partial charge in [0.15, 0.2) is 0 Å². The Balaban J connectivity index is 2.37. The molecule has 0 aliphatic rings. The van der Waals surface area contributed by atoms with E-state index in [0.717, 1.165) is 6.42 Å². The van der Waals surface area contributed by atoms with Crippen LogP contribution in [-0.4, -0.2) is 24.3 Å². The topological polar surface area (TPSA) is 56.0 Å². The van der Waals surface area contributed by atoms with E-state index in [1.807, 2.05) is 30.3 Å². The van der Waals surface area contributed by atoms with Gasteiger partial charge in [0.2, 0.25) is 0 Å². The van der Waals surface area contributed by atoms with Crippen molar-refractivity contribution < 1.29 is 5.11 Å². The molecule has 0 heterocycles. The zero-order valence-corrected chi connectivity index (χ0v) is 8.69. The minimum absolute atomic E-state index is 0.0424. The van der Waals surface area contributed by atoms with Crippen LogP contribution in [0.4, 0.5) is 0 Å². The highest BCUT2D eigenvalue weighted by Gasteiger charge is 2.06. The molecule has 0 fully saturated rings. The normalized spacial score (nSPS) is 12.0. The molecule has 1 rings (SSSR count). The van der Waals surface area contributed by atoms with Crippen LogP contribution < -0.4 is 5.32 Å². The lowest BCUT2D eigenvalue weighted by atomic mass is 10.1. The van der Waals surface area contributed by atoms with Crippen LogP contribution in [-0.2, 0) is 6.42 Å². The third kappa shape index (κ3) is 4.59. The van der Waals surface area contributed by atoms with Crippen LogP contribution in [0.15, 0.2) is 30.3 Å². The first kappa shape index (κ1) is 11.7. The number of nitrogens with one attached hydrogen (secondary N) is 1. The SMILES string of the molecule is N#CCCN[C@H](CO)Cc1ccccc1. The Hall–Kier alpha value is -1.37. The molecule has 0 bridgehead atoms. The maximum absolute atomic E-state index is 9.14. The molecular formula is C12H16N2O. The molecule has 0 unspecified atom stereocenters. The first-order valence-electron chi connectivity index (χ1n) is 5.12. The monoisotopic (exact) mass is 204 g/mol. The van der Waals surface area contributed by atoms with Gasteiger partial charge in [-0.2, -0.15) is 5.26 Å². The zero-order chi connectivity index (χ0) is 10.9. The Kier molecular flexibility index (Phi) is 5.46. The summed E-state index contributed by atoms with van der Waals surface area (Å²) in [5.74, 6) is 0. The largest absolute Gasteiger partial charge is 0.395 e.